The van der Waals surface area contributed by atoms with Gasteiger partial charge in [-0.15, -0.1) is 0 Å². The predicted molar refractivity (Wildman–Crippen MR) is 127 cm³/mol. The molecule has 0 fully saturated rings. The van der Waals surface area contributed by atoms with Gasteiger partial charge < -0.3 is 14.8 Å². The van der Waals surface area contributed by atoms with Gasteiger partial charge in [-0.25, -0.2) is 10.2 Å². The lowest BCUT2D eigenvalue weighted by atomic mass is 10.2. The standard InChI is InChI=1S/C23H21BrClN3O3/c1-15-5-3-4-6-20(15)27-23(29)28-26-13-17-11-21(30-2)22(12-19(17)24)31-14-16-7-9-18(25)10-8-16/h3-13H,14H2,1-2H3,(H2,27,28,29). The number of hydrogen-bond donors (Lipinski definition) is 2. The highest BCUT2D eigenvalue weighted by atomic mass is 79.9. The van der Waals surface area contributed by atoms with Gasteiger partial charge in [-0.1, -0.05) is 41.9 Å². The fourth-order valence-corrected chi connectivity index (χ4v) is 3.24. The Kier molecular flexibility index (Phi) is 7.92. The van der Waals surface area contributed by atoms with Gasteiger partial charge in [0, 0.05) is 20.7 Å². The Morgan fingerprint density at radius 3 is 2.58 bits per heavy atom. The van der Waals surface area contributed by atoms with Gasteiger partial charge in [0.25, 0.3) is 0 Å². The lowest BCUT2D eigenvalue weighted by Crippen LogP contribution is -2.24. The number of hydrazone groups is 1. The summed E-state index contributed by atoms with van der Waals surface area (Å²) in [6, 6.07) is 18.1. The van der Waals surface area contributed by atoms with E-state index in [-0.39, 0.29) is 0 Å². The van der Waals surface area contributed by atoms with Crippen molar-refractivity contribution in [3.8, 4) is 11.5 Å². The number of benzene rings is 3. The molecule has 0 unspecified atom stereocenters. The Morgan fingerprint density at radius 1 is 1.13 bits per heavy atom. The molecule has 6 nitrogen and oxygen atoms in total. The number of nitrogens with zero attached hydrogens (tertiary/aromatic N) is 1. The first-order valence-electron chi connectivity index (χ1n) is 9.36. The van der Waals surface area contributed by atoms with Crippen molar-refractivity contribution in [3.05, 3.63) is 86.8 Å². The first-order valence-corrected chi connectivity index (χ1v) is 10.5. The van der Waals surface area contributed by atoms with Crippen LogP contribution in [0.15, 0.2) is 70.2 Å². The molecule has 0 aliphatic heterocycles. The summed E-state index contributed by atoms with van der Waals surface area (Å²) in [5, 5.41) is 7.43. The van der Waals surface area contributed by atoms with E-state index in [1.165, 1.54) is 6.21 Å². The van der Waals surface area contributed by atoms with E-state index in [2.05, 4.69) is 31.8 Å². The van der Waals surface area contributed by atoms with E-state index in [9.17, 15) is 4.79 Å². The smallest absolute Gasteiger partial charge is 0.339 e. The largest absolute Gasteiger partial charge is 0.493 e. The molecule has 0 atom stereocenters. The minimum absolute atomic E-state index is 0.369. The normalized spacial score (nSPS) is 10.7. The molecule has 0 aromatic heterocycles. The van der Waals surface area contributed by atoms with Crippen LogP contribution in [0.25, 0.3) is 0 Å². The van der Waals surface area contributed by atoms with Crippen molar-refractivity contribution < 1.29 is 14.3 Å². The Labute approximate surface area is 194 Å². The Bertz CT molecular complexity index is 1090. The van der Waals surface area contributed by atoms with Crippen LogP contribution in [-0.4, -0.2) is 19.4 Å². The second kappa shape index (κ2) is 10.8. The quantitative estimate of drug-likeness (QED) is 0.300. The van der Waals surface area contributed by atoms with Crippen LogP contribution >= 0.6 is 27.5 Å². The zero-order valence-corrected chi connectivity index (χ0v) is 19.3. The predicted octanol–water partition coefficient (Wildman–Crippen LogP) is 6.15. The number of nitrogens with one attached hydrogen (secondary N) is 2. The molecular weight excluding hydrogens is 482 g/mol. The topological polar surface area (TPSA) is 72.0 Å². The van der Waals surface area contributed by atoms with Gasteiger partial charge in [-0.2, -0.15) is 5.10 Å². The first-order chi connectivity index (χ1) is 15.0. The molecule has 0 heterocycles. The maximum Gasteiger partial charge on any atom is 0.339 e. The van der Waals surface area contributed by atoms with Crippen molar-refractivity contribution in [1.82, 2.24) is 5.43 Å². The third-order valence-corrected chi connectivity index (χ3v) is 5.29. The highest BCUT2D eigenvalue weighted by molar-refractivity contribution is 9.10. The third kappa shape index (κ3) is 6.47. The number of anilines is 1. The van der Waals surface area contributed by atoms with Crippen molar-refractivity contribution in [3.63, 3.8) is 0 Å². The summed E-state index contributed by atoms with van der Waals surface area (Å²) in [6.07, 6.45) is 1.52. The number of carbonyl (C=O) groups excluding carboxylic acids is 1. The van der Waals surface area contributed by atoms with Crippen LogP contribution in [0.4, 0.5) is 10.5 Å². The Balaban J connectivity index is 1.64. The summed E-state index contributed by atoms with van der Waals surface area (Å²) in [4.78, 5) is 12.1. The van der Waals surface area contributed by atoms with E-state index in [4.69, 9.17) is 21.1 Å². The molecule has 3 aromatic rings. The molecule has 0 spiro atoms. The lowest BCUT2D eigenvalue weighted by Gasteiger charge is -2.13. The molecule has 2 N–H and O–H groups in total. The Hall–Kier alpha value is -3.03. The second-order valence-electron chi connectivity index (χ2n) is 6.58. The number of carbonyl (C=O) groups is 1. The molecule has 3 aromatic carbocycles. The summed E-state index contributed by atoms with van der Waals surface area (Å²) in [7, 11) is 1.56. The minimum Gasteiger partial charge on any atom is -0.493 e. The molecule has 0 aliphatic carbocycles. The molecule has 2 amide bonds. The van der Waals surface area contributed by atoms with Crippen LogP contribution in [-0.2, 0) is 6.61 Å². The first kappa shape index (κ1) is 22.7. The van der Waals surface area contributed by atoms with Crippen molar-refractivity contribution in [2.75, 3.05) is 12.4 Å². The molecular formula is C23H21BrClN3O3. The van der Waals surface area contributed by atoms with Gasteiger partial charge in [0.1, 0.15) is 6.61 Å². The minimum atomic E-state index is -0.434. The fraction of sp³-hybridized carbons (Fsp3) is 0.130. The number of halogens is 2. The lowest BCUT2D eigenvalue weighted by molar-refractivity contribution is 0.252. The summed E-state index contributed by atoms with van der Waals surface area (Å²) in [6.45, 7) is 2.28. The molecule has 8 heteroatoms. The second-order valence-corrected chi connectivity index (χ2v) is 7.87. The SMILES string of the molecule is COc1cc(C=NNC(=O)Nc2ccccc2C)c(Br)cc1OCc1ccc(Cl)cc1. The van der Waals surface area contributed by atoms with E-state index >= 15 is 0 Å². The number of ether oxygens (including phenoxy) is 2. The van der Waals surface area contributed by atoms with Gasteiger partial charge in [-0.3, -0.25) is 0 Å². The van der Waals surface area contributed by atoms with Gasteiger partial charge in [-0.05, 0) is 64.3 Å². The average Bonchev–Trinajstić information content (AvgIpc) is 2.76. The van der Waals surface area contributed by atoms with Crippen molar-refractivity contribution in [2.45, 2.75) is 13.5 Å². The van der Waals surface area contributed by atoms with Crippen LogP contribution in [0, 0.1) is 6.92 Å². The zero-order chi connectivity index (χ0) is 22.2. The van der Waals surface area contributed by atoms with Gasteiger partial charge in [0.15, 0.2) is 11.5 Å². The maximum absolute atomic E-state index is 12.1. The van der Waals surface area contributed by atoms with Crippen LogP contribution in [0.2, 0.25) is 5.02 Å². The van der Waals surface area contributed by atoms with Gasteiger partial charge in [0.05, 0.1) is 13.3 Å². The van der Waals surface area contributed by atoms with Crippen molar-refractivity contribution in [1.29, 1.82) is 0 Å². The van der Waals surface area contributed by atoms with Crippen LogP contribution < -0.4 is 20.2 Å². The monoisotopic (exact) mass is 501 g/mol. The summed E-state index contributed by atoms with van der Waals surface area (Å²) < 4.78 is 12.1. The molecule has 160 valence electrons. The van der Waals surface area contributed by atoms with Gasteiger partial charge in [0.2, 0.25) is 0 Å². The highest BCUT2D eigenvalue weighted by Crippen LogP contribution is 2.33. The van der Waals surface area contributed by atoms with E-state index in [0.29, 0.717) is 28.7 Å². The molecule has 0 saturated heterocycles. The zero-order valence-electron chi connectivity index (χ0n) is 17.0. The van der Waals surface area contributed by atoms with E-state index in [1.54, 1.807) is 19.2 Å². The number of para-hydroxylation sites is 1. The van der Waals surface area contributed by atoms with Crippen molar-refractivity contribution >= 4 is 45.5 Å². The van der Waals surface area contributed by atoms with E-state index in [0.717, 1.165) is 21.3 Å². The number of aryl methyl sites for hydroxylation is 1. The average molecular weight is 503 g/mol. The maximum atomic E-state index is 12.1. The number of urea groups is 1. The third-order valence-electron chi connectivity index (χ3n) is 4.35. The summed E-state index contributed by atoms with van der Waals surface area (Å²) >= 11 is 9.42. The highest BCUT2D eigenvalue weighted by Gasteiger charge is 2.10. The molecule has 0 aliphatic rings. The number of hydrogen-bond acceptors (Lipinski definition) is 4. The van der Waals surface area contributed by atoms with Crippen LogP contribution in [0.5, 0.6) is 11.5 Å². The Morgan fingerprint density at radius 2 is 1.87 bits per heavy atom. The number of rotatable bonds is 7. The summed E-state index contributed by atoms with van der Waals surface area (Å²) in [5.41, 5.74) is 5.84. The number of methoxy groups -OCH3 is 1. The van der Waals surface area contributed by atoms with Crippen LogP contribution in [0.3, 0.4) is 0 Å². The van der Waals surface area contributed by atoms with Gasteiger partial charge >= 0.3 is 6.03 Å². The summed E-state index contributed by atoms with van der Waals surface area (Å²) in [5.74, 6) is 1.12. The van der Waals surface area contributed by atoms with Crippen molar-refractivity contribution in [2.24, 2.45) is 5.10 Å². The van der Waals surface area contributed by atoms with Crippen LogP contribution in [0.1, 0.15) is 16.7 Å². The molecule has 0 saturated carbocycles. The fourth-order valence-electron chi connectivity index (χ4n) is 2.69. The number of amides is 2. The molecule has 31 heavy (non-hydrogen) atoms. The molecule has 0 bridgehead atoms. The van der Waals surface area contributed by atoms with E-state index < -0.39 is 6.03 Å². The molecule has 3 rings (SSSR count). The molecule has 0 radical (unpaired) electrons. The van der Waals surface area contributed by atoms with E-state index in [1.807, 2.05) is 55.5 Å².